The van der Waals surface area contributed by atoms with Gasteiger partial charge in [-0.05, 0) is 25.9 Å². The minimum Gasteiger partial charge on any atom is -0.367 e. The van der Waals surface area contributed by atoms with E-state index >= 15 is 0 Å². The van der Waals surface area contributed by atoms with Crippen LogP contribution < -0.4 is 0 Å². The first-order chi connectivity index (χ1) is 9.61. The van der Waals surface area contributed by atoms with Gasteiger partial charge in [-0.3, -0.25) is 4.79 Å². The van der Waals surface area contributed by atoms with Crippen LogP contribution in [0.1, 0.15) is 11.6 Å². The number of piperazine rings is 1. The van der Waals surface area contributed by atoms with Crippen LogP contribution in [0.4, 0.5) is 0 Å². The topological polar surface area (TPSA) is 26.8 Å². The molecule has 20 heavy (non-hydrogen) atoms. The molecule has 1 aliphatic heterocycles. The Balaban J connectivity index is 2.12. The Kier molecular flexibility index (Phi) is 4.79. The lowest BCUT2D eigenvalue weighted by Gasteiger charge is -2.41. The zero-order valence-electron chi connectivity index (χ0n) is 12.3. The van der Waals surface area contributed by atoms with E-state index in [0.29, 0.717) is 6.54 Å². The molecular weight excluding hydrogens is 250 g/mol. The Labute approximate surface area is 121 Å². The molecule has 1 amide bonds. The van der Waals surface area contributed by atoms with Crippen molar-refractivity contribution in [3.8, 4) is 0 Å². The standard InChI is InChI=1S/C16H23N3O/c1-4-18-10-11-19(16(20)13-17(2)3)12-15(18)14-8-6-5-7-9-14/h4-9,15H,1,10-13H2,2-3H3/t15-/m1/s1. The average Bonchev–Trinajstić information content (AvgIpc) is 2.46. The molecule has 1 aromatic rings. The van der Waals surface area contributed by atoms with Crippen molar-refractivity contribution in [2.24, 2.45) is 0 Å². The van der Waals surface area contributed by atoms with E-state index in [1.165, 1.54) is 5.56 Å². The molecule has 1 aromatic carbocycles. The Morgan fingerprint density at radius 1 is 1.35 bits per heavy atom. The average molecular weight is 273 g/mol. The molecule has 0 unspecified atom stereocenters. The number of hydrogen-bond donors (Lipinski definition) is 0. The number of carbonyl (C=O) groups excluding carboxylic acids is 1. The number of carbonyl (C=O) groups is 1. The maximum atomic E-state index is 12.2. The second-order valence-corrected chi connectivity index (χ2v) is 5.42. The van der Waals surface area contributed by atoms with Gasteiger partial charge in [0.2, 0.25) is 5.91 Å². The van der Waals surface area contributed by atoms with E-state index in [2.05, 4.69) is 23.6 Å². The number of rotatable bonds is 4. The SMILES string of the molecule is C=CN1CCN(C(=O)CN(C)C)C[C@@H]1c1ccccc1. The number of nitrogens with zero attached hydrogens (tertiary/aromatic N) is 3. The van der Waals surface area contributed by atoms with Crippen LogP contribution in [0.5, 0.6) is 0 Å². The second-order valence-electron chi connectivity index (χ2n) is 5.42. The van der Waals surface area contributed by atoms with E-state index < -0.39 is 0 Å². The van der Waals surface area contributed by atoms with E-state index in [-0.39, 0.29) is 11.9 Å². The van der Waals surface area contributed by atoms with Crippen molar-refractivity contribution in [1.29, 1.82) is 0 Å². The summed E-state index contributed by atoms with van der Waals surface area (Å²) in [6.07, 6.45) is 1.88. The van der Waals surface area contributed by atoms with Crippen molar-refractivity contribution in [2.75, 3.05) is 40.3 Å². The molecule has 0 bridgehead atoms. The molecule has 1 saturated heterocycles. The molecule has 4 nitrogen and oxygen atoms in total. The summed E-state index contributed by atoms with van der Waals surface area (Å²) in [7, 11) is 3.85. The normalized spacial score (nSPS) is 19.2. The summed E-state index contributed by atoms with van der Waals surface area (Å²) in [4.78, 5) is 18.3. The first-order valence-electron chi connectivity index (χ1n) is 6.97. The lowest BCUT2D eigenvalue weighted by atomic mass is 10.0. The van der Waals surface area contributed by atoms with Gasteiger partial charge in [0.1, 0.15) is 0 Å². The lowest BCUT2D eigenvalue weighted by Crippen LogP contribution is -2.50. The number of likely N-dealkylation sites (N-methyl/N-ethyl adjacent to an activating group) is 1. The lowest BCUT2D eigenvalue weighted by molar-refractivity contribution is -0.134. The van der Waals surface area contributed by atoms with Crippen molar-refractivity contribution in [2.45, 2.75) is 6.04 Å². The fourth-order valence-corrected chi connectivity index (χ4v) is 2.58. The van der Waals surface area contributed by atoms with Gasteiger partial charge in [0, 0.05) is 19.6 Å². The molecule has 0 spiro atoms. The minimum absolute atomic E-state index is 0.194. The number of amides is 1. The van der Waals surface area contributed by atoms with Gasteiger partial charge in [-0.15, -0.1) is 0 Å². The summed E-state index contributed by atoms with van der Waals surface area (Å²) in [6.45, 7) is 6.69. The quantitative estimate of drug-likeness (QED) is 0.833. The van der Waals surface area contributed by atoms with E-state index in [1.54, 1.807) is 0 Å². The number of benzene rings is 1. The molecule has 108 valence electrons. The Morgan fingerprint density at radius 2 is 2.05 bits per heavy atom. The third-order valence-electron chi connectivity index (χ3n) is 3.64. The number of hydrogen-bond acceptors (Lipinski definition) is 3. The van der Waals surface area contributed by atoms with Gasteiger partial charge in [-0.1, -0.05) is 36.9 Å². The molecule has 1 aliphatic rings. The first-order valence-corrected chi connectivity index (χ1v) is 6.97. The summed E-state index contributed by atoms with van der Waals surface area (Å²) < 4.78 is 0. The molecule has 0 aliphatic carbocycles. The molecular formula is C16H23N3O. The van der Waals surface area contributed by atoms with E-state index in [9.17, 15) is 4.79 Å². The third-order valence-corrected chi connectivity index (χ3v) is 3.64. The fourth-order valence-electron chi connectivity index (χ4n) is 2.58. The van der Waals surface area contributed by atoms with Gasteiger partial charge in [0.05, 0.1) is 12.6 Å². The largest absolute Gasteiger partial charge is 0.367 e. The molecule has 0 N–H and O–H groups in total. The van der Waals surface area contributed by atoms with Crippen LogP contribution in [0.2, 0.25) is 0 Å². The van der Waals surface area contributed by atoms with Gasteiger partial charge in [0.25, 0.3) is 0 Å². The molecule has 2 rings (SSSR count). The molecule has 1 fully saturated rings. The Bertz CT molecular complexity index is 458. The van der Waals surface area contributed by atoms with Crippen LogP contribution >= 0.6 is 0 Å². The Morgan fingerprint density at radius 3 is 2.65 bits per heavy atom. The smallest absolute Gasteiger partial charge is 0.236 e. The van der Waals surface area contributed by atoms with Gasteiger partial charge in [0.15, 0.2) is 0 Å². The monoisotopic (exact) mass is 273 g/mol. The molecule has 4 heteroatoms. The molecule has 0 saturated carbocycles. The van der Waals surface area contributed by atoms with Crippen molar-refractivity contribution in [3.05, 3.63) is 48.7 Å². The highest BCUT2D eigenvalue weighted by atomic mass is 16.2. The summed E-state index contributed by atoms with van der Waals surface area (Å²) in [5, 5.41) is 0. The first kappa shape index (κ1) is 14.6. The van der Waals surface area contributed by atoms with Crippen molar-refractivity contribution < 1.29 is 4.79 Å². The van der Waals surface area contributed by atoms with Crippen LogP contribution in [-0.2, 0) is 4.79 Å². The highest BCUT2D eigenvalue weighted by Gasteiger charge is 2.28. The minimum atomic E-state index is 0.194. The van der Waals surface area contributed by atoms with Gasteiger partial charge in [-0.2, -0.15) is 0 Å². The second kappa shape index (κ2) is 6.57. The highest BCUT2D eigenvalue weighted by Crippen LogP contribution is 2.25. The fraction of sp³-hybridized carbons (Fsp3) is 0.438. The van der Waals surface area contributed by atoms with Crippen LogP contribution in [-0.4, -0.2) is 60.9 Å². The van der Waals surface area contributed by atoms with E-state index in [0.717, 1.165) is 19.6 Å². The molecule has 0 aromatic heterocycles. The highest BCUT2D eigenvalue weighted by molar-refractivity contribution is 5.78. The predicted molar refractivity (Wildman–Crippen MR) is 81.2 cm³/mol. The molecule has 1 heterocycles. The maximum Gasteiger partial charge on any atom is 0.236 e. The summed E-state index contributed by atoms with van der Waals surface area (Å²) in [5.74, 6) is 0.194. The maximum absolute atomic E-state index is 12.2. The summed E-state index contributed by atoms with van der Waals surface area (Å²) >= 11 is 0. The predicted octanol–water partition coefficient (Wildman–Crippen LogP) is 1.58. The van der Waals surface area contributed by atoms with Crippen LogP contribution in [0.25, 0.3) is 0 Å². The van der Waals surface area contributed by atoms with Crippen LogP contribution in [0, 0.1) is 0 Å². The van der Waals surface area contributed by atoms with Crippen molar-refractivity contribution >= 4 is 5.91 Å². The van der Waals surface area contributed by atoms with E-state index in [1.807, 2.05) is 48.3 Å². The van der Waals surface area contributed by atoms with Gasteiger partial charge in [-0.25, -0.2) is 0 Å². The van der Waals surface area contributed by atoms with Crippen molar-refractivity contribution in [3.63, 3.8) is 0 Å². The van der Waals surface area contributed by atoms with Crippen LogP contribution in [0.3, 0.4) is 0 Å². The summed E-state index contributed by atoms with van der Waals surface area (Å²) in [5.41, 5.74) is 1.23. The summed E-state index contributed by atoms with van der Waals surface area (Å²) in [6, 6.07) is 10.5. The molecule has 1 atom stereocenters. The van der Waals surface area contributed by atoms with Gasteiger partial charge < -0.3 is 14.7 Å². The molecule has 0 radical (unpaired) electrons. The van der Waals surface area contributed by atoms with Crippen molar-refractivity contribution in [1.82, 2.24) is 14.7 Å². The zero-order valence-corrected chi connectivity index (χ0v) is 12.3. The Hall–Kier alpha value is -1.81. The van der Waals surface area contributed by atoms with Gasteiger partial charge >= 0.3 is 0 Å². The van der Waals surface area contributed by atoms with Crippen LogP contribution in [0.15, 0.2) is 43.1 Å². The van der Waals surface area contributed by atoms with E-state index in [4.69, 9.17) is 0 Å². The third kappa shape index (κ3) is 3.39. The zero-order chi connectivity index (χ0) is 14.5.